The Kier molecular flexibility index (Phi) is 6.05. The van der Waals surface area contributed by atoms with Crippen molar-refractivity contribution in [3.63, 3.8) is 0 Å². The second kappa shape index (κ2) is 8.69. The third-order valence-corrected chi connectivity index (χ3v) is 6.50. The fourth-order valence-corrected chi connectivity index (χ4v) is 4.98. The van der Waals surface area contributed by atoms with Gasteiger partial charge in [-0.2, -0.15) is 0 Å². The summed E-state index contributed by atoms with van der Waals surface area (Å²) < 4.78 is 0. The van der Waals surface area contributed by atoms with E-state index in [0.717, 1.165) is 13.1 Å². The van der Waals surface area contributed by atoms with Crippen LogP contribution in [0.5, 0.6) is 0 Å². The van der Waals surface area contributed by atoms with E-state index in [1.54, 1.807) is 0 Å². The van der Waals surface area contributed by atoms with E-state index < -0.39 is 0 Å². The average molecular weight is 396 g/mol. The second-order valence-electron chi connectivity index (χ2n) is 8.24. The van der Waals surface area contributed by atoms with Crippen molar-refractivity contribution in [2.24, 2.45) is 0 Å². The highest BCUT2D eigenvalue weighted by atomic mass is 35.5. The van der Waals surface area contributed by atoms with Crippen LogP contribution in [0.15, 0.2) is 54.7 Å². The molecule has 1 aromatic heterocycles. The zero-order valence-corrected chi connectivity index (χ0v) is 17.3. The van der Waals surface area contributed by atoms with Gasteiger partial charge >= 0.3 is 0 Å². The highest BCUT2D eigenvalue weighted by Crippen LogP contribution is 2.33. The van der Waals surface area contributed by atoms with Crippen LogP contribution in [0, 0.1) is 0 Å². The third-order valence-electron chi connectivity index (χ3n) is 6.50. The van der Waals surface area contributed by atoms with Gasteiger partial charge in [0.15, 0.2) is 0 Å². The Bertz CT molecular complexity index is 886. The van der Waals surface area contributed by atoms with Crippen LogP contribution in [-0.2, 0) is 13.1 Å². The fraction of sp³-hybridized carbons (Fsp3) is 0.417. The molecule has 5 rings (SSSR count). The van der Waals surface area contributed by atoms with Gasteiger partial charge in [-0.15, -0.1) is 12.4 Å². The first-order chi connectivity index (χ1) is 13.4. The minimum Gasteiger partial charge on any atom is -0.361 e. The number of fused-ring (bicyclic) bond motifs is 2. The number of hydrogen-bond donors (Lipinski definition) is 1. The van der Waals surface area contributed by atoms with Crippen molar-refractivity contribution in [2.45, 2.75) is 38.3 Å². The Hall–Kier alpha value is -1.81. The Morgan fingerprint density at radius 3 is 2.21 bits per heavy atom. The molecule has 0 bridgehead atoms. The molecule has 1 saturated heterocycles. The first kappa shape index (κ1) is 19.5. The molecular formula is C24H30ClN3. The van der Waals surface area contributed by atoms with Crippen LogP contribution >= 0.6 is 12.4 Å². The lowest BCUT2D eigenvalue weighted by atomic mass is 9.89. The lowest BCUT2D eigenvalue weighted by molar-refractivity contribution is 0.192. The number of nitrogens with zero attached hydrogens (tertiary/aromatic N) is 2. The zero-order chi connectivity index (χ0) is 18.1. The summed E-state index contributed by atoms with van der Waals surface area (Å²) in [6.45, 7) is 7.22. The summed E-state index contributed by atoms with van der Waals surface area (Å²) in [5.41, 5.74) is 5.86. The Morgan fingerprint density at radius 2 is 1.46 bits per heavy atom. The number of hydrogen-bond acceptors (Lipinski definition) is 2. The highest BCUT2D eigenvalue weighted by molar-refractivity contribution is 5.85. The number of nitrogens with one attached hydrogen (secondary N) is 1. The van der Waals surface area contributed by atoms with Crippen LogP contribution in [0.2, 0.25) is 0 Å². The Balaban J connectivity index is 0.00000192. The summed E-state index contributed by atoms with van der Waals surface area (Å²) in [6, 6.07) is 17.6. The van der Waals surface area contributed by atoms with E-state index >= 15 is 0 Å². The van der Waals surface area contributed by atoms with Crippen molar-refractivity contribution >= 4 is 23.3 Å². The van der Waals surface area contributed by atoms with Crippen molar-refractivity contribution in [2.75, 3.05) is 26.2 Å². The molecule has 0 amide bonds. The van der Waals surface area contributed by atoms with Crippen LogP contribution in [0.3, 0.4) is 0 Å². The number of aromatic amines is 1. The smallest absolute Gasteiger partial charge is 0.0456 e. The second-order valence-corrected chi connectivity index (χ2v) is 8.24. The molecular weight excluding hydrogens is 366 g/mol. The van der Waals surface area contributed by atoms with Gasteiger partial charge < -0.3 is 9.88 Å². The van der Waals surface area contributed by atoms with E-state index in [-0.39, 0.29) is 12.4 Å². The summed E-state index contributed by atoms with van der Waals surface area (Å²) >= 11 is 0. The minimum absolute atomic E-state index is 0. The molecule has 4 heteroatoms. The third kappa shape index (κ3) is 3.98. The monoisotopic (exact) mass is 395 g/mol. The quantitative estimate of drug-likeness (QED) is 0.643. The predicted molar refractivity (Wildman–Crippen MR) is 119 cm³/mol. The van der Waals surface area contributed by atoms with Crippen molar-refractivity contribution in [3.8, 4) is 0 Å². The number of benzene rings is 2. The maximum Gasteiger partial charge on any atom is 0.0456 e. The molecule has 3 nitrogen and oxygen atoms in total. The van der Waals surface area contributed by atoms with Gasteiger partial charge in [0.25, 0.3) is 0 Å². The lowest BCUT2D eigenvalue weighted by Crippen LogP contribution is -2.35. The SMILES string of the molecule is Cl.c1ccc2c(c1)CN(CCCN1CCC(c3c[nH]c4ccccc34)CC1)C2. The van der Waals surface area contributed by atoms with E-state index in [2.05, 4.69) is 69.5 Å². The molecule has 2 aliphatic rings. The molecule has 3 aromatic rings. The molecule has 0 spiro atoms. The van der Waals surface area contributed by atoms with Crippen LogP contribution in [0.25, 0.3) is 10.9 Å². The van der Waals surface area contributed by atoms with Gasteiger partial charge in [0.2, 0.25) is 0 Å². The lowest BCUT2D eigenvalue weighted by Gasteiger charge is -2.32. The van der Waals surface area contributed by atoms with Gasteiger partial charge in [0.05, 0.1) is 0 Å². The molecule has 28 heavy (non-hydrogen) atoms. The largest absolute Gasteiger partial charge is 0.361 e. The van der Waals surface area contributed by atoms with Crippen LogP contribution in [0.4, 0.5) is 0 Å². The van der Waals surface area contributed by atoms with E-state index in [9.17, 15) is 0 Å². The number of rotatable bonds is 5. The molecule has 0 aliphatic carbocycles. The molecule has 0 atom stereocenters. The van der Waals surface area contributed by atoms with Crippen LogP contribution in [0.1, 0.15) is 41.9 Å². The first-order valence-corrected chi connectivity index (χ1v) is 10.4. The van der Waals surface area contributed by atoms with Crippen LogP contribution < -0.4 is 0 Å². The number of H-pyrrole nitrogens is 1. The first-order valence-electron chi connectivity index (χ1n) is 10.4. The molecule has 2 aliphatic heterocycles. The number of likely N-dealkylation sites (tertiary alicyclic amines) is 1. The Labute approximate surface area is 174 Å². The molecule has 2 aromatic carbocycles. The van der Waals surface area contributed by atoms with Gasteiger partial charge in [-0.3, -0.25) is 4.90 Å². The van der Waals surface area contributed by atoms with Gasteiger partial charge in [0.1, 0.15) is 0 Å². The number of piperidine rings is 1. The molecule has 0 unspecified atom stereocenters. The van der Waals surface area contributed by atoms with Gasteiger partial charge in [0, 0.05) is 36.7 Å². The number of halogens is 1. The standard InChI is InChI=1S/C24H29N3.ClH/c1-2-7-21-18-27(17-20(21)6-1)13-5-12-26-14-10-19(11-15-26)23-16-25-24-9-4-3-8-22(23)24;/h1-4,6-9,16,19,25H,5,10-15,17-18H2;1H. The molecule has 1 N–H and O–H groups in total. The summed E-state index contributed by atoms with van der Waals surface area (Å²) in [5, 5.41) is 1.42. The normalized spacial score (nSPS) is 18.3. The average Bonchev–Trinajstić information content (AvgIpc) is 3.32. The maximum atomic E-state index is 3.45. The van der Waals surface area contributed by atoms with Crippen molar-refractivity contribution in [1.82, 2.24) is 14.8 Å². The predicted octanol–water partition coefficient (Wildman–Crippen LogP) is 5.18. The fourth-order valence-electron chi connectivity index (χ4n) is 4.98. The van der Waals surface area contributed by atoms with Crippen LogP contribution in [-0.4, -0.2) is 41.0 Å². The van der Waals surface area contributed by atoms with E-state index in [1.165, 1.54) is 73.0 Å². The van der Waals surface area contributed by atoms with Gasteiger partial charge in [-0.05, 0) is 67.6 Å². The molecule has 148 valence electrons. The summed E-state index contributed by atoms with van der Waals surface area (Å²) in [4.78, 5) is 8.73. The summed E-state index contributed by atoms with van der Waals surface area (Å²) in [6.07, 6.45) is 6.11. The summed E-state index contributed by atoms with van der Waals surface area (Å²) in [7, 11) is 0. The number of aromatic nitrogens is 1. The molecule has 0 saturated carbocycles. The zero-order valence-electron chi connectivity index (χ0n) is 16.4. The van der Waals surface area contributed by atoms with Crippen molar-refractivity contribution in [1.29, 1.82) is 0 Å². The van der Waals surface area contributed by atoms with E-state index in [0.29, 0.717) is 5.92 Å². The molecule has 1 fully saturated rings. The van der Waals surface area contributed by atoms with E-state index in [1.807, 2.05) is 0 Å². The van der Waals surface area contributed by atoms with E-state index in [4.69, 9.17) is 0 Å². The Morgan fingerprint density at radius 1 is 0.821 bits per heavy atom. The molecule has 0 radical (unpaired) electrons. The van der Waals surface area contributed by atoms with Gasteiger partial charge in [-0.25, -0.2) is 0 Å². The van der Waals surface area contributed by atoms with Crippen molar-refractivity contribution < 1.29 is 0 Å². The van der Waals surface area contributed by atoms with Gasteiger partial charge in [-0.1, -0.05) is 42.5 Å². The molecule has 3 heterocycles. The van der Waals surface area contributed by atoms with Crippen molar-refractivity contribution in [3.05, 3.63) is 71.4 Å². The topological polar surface area (TPSA) is 22.3 Å². The number of para-hydroxylation sites is 1. The highest BCUT2D eigenvalue weighted by Gasteiger charge is 2.23. The summed E-state index contributed by atoms with van der Waals surface area (Å²) in [5.74, 6) is 0.713. The maximum absolute atomic E-state index is 3.45. The minimum atomic E-state index is 0.